The van der Waals surface area contributed by atoms with E-state index in [0.717, 1.165) is 26.1 Å². The number of carbonyl (C=O) groups excluding carboxylic acids is 1. The van der Waals surface area contributed by atoms with Gasteiger partial charge in [0.15, 0.2) is 0 Å². The van der Waals surface area contributed by atoms with Gasteiger partial charge >= 0.3 is 0 Å². The van der Waals surface area contributed by atoms with Gasteiger partial charge < -0.3 is 93.0 Å². The van der Waals surface area contributed by atoms with Crippen molar-refractivity contribution < 1.29 is 97.8 Å². The zero-order valence-electron chi connectivity index (χ0n) is 38.5. The Balaban J connectivity index is 0. The van der Waals surface area contributed by atoms with Crippen LogP contribution in [-0.2, 0) is 56.9 Å². The Morgan fingerprint density at radius 1 is 0.397 bits per heavy atom. The van der Waals surface area contributed by atoms with Crippen LogP contribution < -0.4 is 0 Å². The van der Waals surface area contributed by atoms with Gasteiger partial charge in [0.25, 0.3) is 0 Å². The molecule has 0 bridgehead atoms. The molecule has 6 unspecified atom stereocenters. The number of carbonyl (C=O) groups is 1. The summed E-state index contributed by atoms with van der Waals surface area (Å²) >= 11 is 0. The Morgan fingerprint density at radius 3 is 0.905 bits per heavy atom. The van der Waals surface area contributed by atoms with Gasteiger partial charge in [-0.15, -0.1) is 0 Å². The monoisotopic (exact) mass is 926 g/mol. The van der Waals surface area contributed by atoms with Crippen LogP contribution in [0.5, 0.6) is 0 Å². The minimum atomic E-state index is -1.54. The fourth-order valence-corrected chi connectivity index (χ4v) is 5.00. The quantitative estimate of drug-likeness (QED) is 0.0312. The number of aliphatic hydroxyl groups excluding tert-OH is 8. The second-order valence-corrected chi connectivity index (χ2v) is 14.2. The molecule has 8 N–H and O–H groups in total. The first-order valence-electron chi connectivity index (χ1n) is 22.4. The third-order valence-corrected chi connectivity index (χ3v) is 8.51. The van der Waals surface area contributed by atoms with Crippen LogP contribution in [0.2, 0.25) is 0 Å². The lowest BCUT2D eigenvalue weighted by atomic mass is 10.0. The van der Waals surface area contributed by atoms with Crippen molar-refractivity contribution in [1.82, 2.24) is 4.90 Å². The van der Waals surface area contributed by atoms with Crippen molar-refractivity contribution in [2.24, 2.45) is 0 Å². The number of Topliss-reactive ketones (excluding diaryl/α,β-unsaturated/α-hetero) is 1. The molecule has 380 valence electrons. The molecule has 63 heavy (non-hydrogen) atoms. The zero-order valence-corrected chi connectivity index (χ0v) is 38.5. The van der Waals surface area contributed by atoms with Gasteiger partial charge in [-0.3, -0.25) is 9.69 Å². The molecule has 6 atom stereocenters. The molecular formula is C42H87NO20. The molecule has 0 amide bonds. The number of nitrogens with zero attached hydrogens (tertiary/aromatic N) is 1. The molecule has 0 saturated carbocycles. The predicted octanol–water partition coefficient (Wildman–Crippen LogP) is -1.81. The van der Waals surface area contributed by atoms with E-state index in [4.69, 9.17) is 62.3 Å². The van der Waals surface area contributed by atoms with Crippen LogP contribution in [0, 0.1) is 0 Å². The van der Waals surface area contributed by atoms with Crippen LogP contribution in [-0.4, -0.2) is 266 Å². The van der Waals surface area contributed by atoms with Gasteiger partial charge in [0.05, 0.1) is 157 Å². The molecule has 0 aliphatic heterocycles. The van der Waals surface area contributed by atoms with Crippen LogP contribution >= 0.6 is 0 Å². The first-order valence-corrected chi connectivity index (χ1v) is 22.4. The average molecular weight is 926 g/mol. The van der Waals surface area contributed by atoms with E-state index >= 15 is 0 Å². The molecule has 0 saturated heterocycles. The molecule has 0 aromatic heterocycles. The van der Waals surface area contributed by atoms with Gasteiger partial charge in [0, 0.05) is 52.5 Å². The van der Waals surface area contributed by atoms with E-state index in [2.05, 4.69) is 13.8 Å². The van der Waals surface area contributed by atoms with Gasteiger partial charge in [-0.1, -0.05) is 13.8 Å². The molecule has 0 aromatic carbocycles. The Morgan fingerprint density at radius 2 is 0.651 bits per heavy atom. The highest BCUT2D eigenvalue weighted by Crippen LogP contribution is 2.10. The lowest BCUT2D eigenvalue weighted by molar-refractivity contribution is -0.118. The van der Waals surface area contributed by atoms with E-state index < -0.39 is 36.6 Å². The summed E-state index contributed by atoms with van der Waals surface area (Å²) < 4.78 is 59.0. The van der Waals surface area contributed by atoms with Crippen molar-refractivity contribution in [3.05, 3.63) is 0 Å². The molecule has 0 spiro atoms. The summed E-state index contributed by atoms with van der Waals surface area (Å²) in [6, 6.07) is 0. The normalized spacial score (nSPS) is 14.6. The summed E-state index contributed by atoms with van der Waals surface area (Å²) in [5.41, 5.74) is 0. The molecule has 0 rings (SSSR count). The number of ketones is 1. The van der Waals surface area contributed by atoms with Crippen molar-refractivity contribution in [1.29, 1.82) is 0 Å². The summed E-state index contributed by atoms with van der Waals surface area (Å²) in [6.45, 7) is 15.8. The Hall–Kier alpha value is -1.13. The lowest BCUT2D eigenvalue weighted by Crippen LogP contribution is -2.50. The van der Waals surface area contributed by atoms with Crippen molar-refractivity contribution in [2.75, 3.05) is 178 Å². The second-order valence-electron chi connectivity index (χ2n) is 14.2. The summed E-state index contributed by atoms with van der Waals surface area (Å²) in [6.07, 6.45) is -6.38. The van der Waals surface area contributed by atoms with Gasteiger partial charge in [-0.05, 0) is 32.6 Å². The zero-order chi connectivity index (χ0) is 47.0. The molecular weight excluding hydrogens is 838 g/mol. The summed E-state index contributed by atoms with van der Waals surface area (Å²) in [5.74, 6) is 0.142. The Bertz CT molecular complexity index is 892. The highest BCUT2D eigenvalue weighted by atomic mass is 16.6. The third kappa shape index (κ3) is 45.8. The van der Waals surface area contributed by atoms with E-state index in [9.17, 15) is 35.4 Å². The van der Waals surface area contributed by atoms with Crippen molar-refractivity contribution >= 4 is 5.78 Å². The molecule has 0 aromatic rings. The molecule has 0 heterocycles. The van der Waals surface area contributed by atoms with E-state index in [1.807, 2.05) is 0 Å². The first-order chi connectivity index (χ1) is 30.5. The maximum absolute atomic E-state index is 10.6. The number of hydrogen-bond acceptors (Lipinski definition) is 21. The Kier molecular flexibility index (Phi) is 51.0. The minimum Gasteiger partial charge on any atom is -0.396 e. The molecule has 0 fully saturated rings. The maximum atomic E-state index is 10.6. The smallest absolute Gasteiger partial charge is 0.132 e. The maximum Gasteiger partial charge on any atom is 0.132 e. The lowest BCUT2D eigenvalue weighted by Gasteiger charge is -2.32. The number of ether oxygens (including phenoxy) is 11. The van der Waals surface area contributed by atoms with E-state index in [1.165, 1.54) is 4.90 Å². The summed E-state index contributed by atoms with van der Waals surface area (Å²) in [7, 11) is 0. The van der Waals surface area contributed by atoms with E-state index in [-0.39, 0.29) is 64.7 Å². The number of aliphatic hydroxyl groups is 8. The third-order valence-electron chi connectivity index (χ3n) is 8.51. The number of hydrogen-bond donors (Lipinski definition) is 8. The highest BCUT2D eigenvalue weighted by molar-refractivity contribution is 5.75. The molecule has 21 nitrogen and oxygen atoms in total. The van der Waals surface area contributed by atoms with Gasteiger partial charge in [0.1, 0.15) is 18.0 Å². The van der Waals surface area contributed by atoms with Crippen LogP contribution in [0.4, 0.5) is 0 Å². The summed E-state index contributed by atoms with van der Waals surface area (Å²) in [4.78, 5) is 12.2. The van der Waals surface area contributed by atoms with Gasteiger partial charge in [-0.25, -0.2) is 0 Å². The minimum absolute atomic E-state index is 0.125. The Labute approximate surface area is 375 Å². The molecule has 0 aliphatic rings. The van der Waals surface area contributed by atoms with Crippen molar-refractivity contribution in [3.8, 4) is 0 Å². The fourth-order valence-electron chi connectivity index (χ4n) is 5.00. The van der Waals surface area contributed by atoms with E-state index in [0.29, 0.717) is 125 Å². The van der Waals surface area contributed by atoms with E-state index in [1.54, 1.807) is 6.92 Å². The fraction of sp³-hybridized carbons (Fsp3) is 0.976. The van der Waals surface area contributed by atoms with Crippen LogP contribution in [0.1, 0.15) is 52.9 Å². The summed E-state index contributed by atoms with van der Waals surface area (Å²) in [5, 5.41) is 78.5. The largest absolute Gasteiger partial charge is 0.396 e. The van der Waals surface area contributed by atoms with Gasteiger partial charge in [0.2, 0.25) is 0 Å². The van der Waals surface area contributed by atoms with Gasteiger partial charge in [-0.2, -0.15) is 0 Å². The first kappa shape index (κ1) is 64.0. The highest BCUT2D eigenvalue weighted by Gasteiger charge is 2.30. The molecule has 21 heteroatoms. The standard InChI is InChI=1S/C27H57NO14.C15H30O6/c1-2-8-37-10-12-39-14-16-41-18-19-42-17-15-40-13-11-38-9-5-28(20-24(33)26(35)22(31)3-6-29)21-25(34)27(36)23(32)4-7-30;1-3-5-17-7-9-19-11-13-21-14-12-20-10-8-18-6-4-15(2)16/h22-27,29-36H,2-21H2,1H3;3-14H2,1-2H3. The second kappa shape index (κ2) is 50.3. The van der Waals surface area contributed by atoms with Crippen molar-refractivity contribution in [2.45, 2.75) is 89.5 Å². The predicted molar refractivity (Wildman–Crippen MR) is 231 cm³/mol. The topological polar surface area (TPSA) is 284 Å². The SMILES string of the molecule is CCCOCCOCCOCCOCCOCCC(C)=O.CCCOCCOCCOCCOCCOCCOCCN(CC(O)C(O)C(O)CCO)CC(O)C(O)C(O)CCO. The van der Waals surface area contributed by atoms with Crippen LogP contribution in [0.3, 0.4) is 0 Å². The number of rotatable bonds is 49. The molecule has 0 aliphatic carbocycles. The molecule has 0 radical (unpaired) electrons. The van der Waals surface area contributed by atoms with Crippen molar-refractivity contribution in [3.63, 3.8) is 0 Å². The van der Waals surface area contributed by atoms with Crippen LogP contribution in [0.15, 0.2) is 0 Å². The average Bonchev–Trinajstić information content (AvgIpc) is 3.26. The van der Waals surface area contributed by atoms with Crippen LogP contribution in [0.25, 0.3) is 0 Å².